The summed E-state index contributed by atoms with van der Waals surface area (Å²) in [7, 11) is 1.83. The molecular weight excluding hydrogens is 511 g/mol. The number of nitrogens with zero attached hydrogens (tertiary/aromatic N) is 4. The molecule has 3 heterocycles. The summed E-state index contributed by atoms with van der Waals surface area (Å²) in [4.78, 5) is 7.04. The van der Waals surface area contributed by atoms with Gasteiger partial charge in [0, 0.05) is 51.4 Å². The lowest BCUT2D eigenvalue weighted by molar-refractivity contribution is 0.0376. The van der Waals surface area contributed by atoms with Crippen LogP contribution in [0.1, 0.15) is 24.7 Å². The Morgan fingerprint density at radius 2 is 2.06 bits per heavy atom. The second-order valence-electron chi connectivity index (χ2n) is 7.83. The van der Waals surface area contributed by atoms with Gasteiger partial charge in [0.25, 0.3) is 0 Å². The van der Waals surface area contributed by atoms with Gasteiger partial charge in [-0.2, -0.15) is 5.10 Å². The van der Waals surface area contributed by atoms with Crippen LogP contribution in [-0.2, 0) is 23.8 Å². The van der Waals surface area contributed by atoms with Crippen molar-refractivity contribution < 1.29 is 14.3 Å². The minimum absolute atomic E-state index is 0. The summed E-state index contributed by atoms with van der Waals surface area (Å²) in [6, 6.07) is 3.85. The minimum Gasteiger partial charge on any atom is -0.469 e. The molecule has 3 rings (SSSR count). The van der Waals surface area contributed by atoms with E-state index in [1.807, 2.05) is 25.4 Å². The van der Waals surface area contributed by atoms with Gasteiger partial charge in [0.15, 0.2) is 5.96 Å². The smallest absolute Gasteiger partial charge is 0.191 e. The van der Waals surface area contributed by atoms with E-state index in [0.29, 0.717) is 12.5 Å². The molecule has 10 heteroatoms. The molecule has 9 nitrogen and oxygen atoms in total. The van der Waals surface area contributed by atoms with E-state index in [-0.39, 0.29) is 30.5 Å². The Hall–Kier alpha value is -1.63. The number of hydrogen-bond acceptors (Lipinski definition) is 6. The maximum Gasteiger partial charge on any atom is 0.191 e. The molecule has 0 aromatic carbocycles. The van der Waals surface area contributed by atoms with Crippen molar-refractivity contribution >= 4 is 29.9 Å². The second-order valence-corrected chi connectivity index (χ2v) is 7.83. The maximum atomic E-state index is 10.8. The fourth-order valence-corrected chi connectivity index (χ4v) is 3.29. The van der Waals surface area contributed by atoms with E-state index in [9.17, 15) is 5.11 Å². The van der Waals surface area contributed by atoms with E-state index in [0.717, 1.165) is 63.6 Å². The summed E-state index contributed by atoms with van der Waals surface area (Å²) < 4.78 is 12.5. The first kappa shape index (κ1) is 25.6. The van der Waals surface area contributed by atoms with Gasteiger partial charge in [-0.15, -0.1) is 24.0 Å². The fourth-order valence-electron chi connectivity index (χ4n) is 3.29. The van der Waals surface area contributed by atoms with Crippen molar-refractivity contribution in [3.8, 4) is 0 Å². The molecule has 174 valence electrons. The van der Waals surface area contributed by atoms with Gasteiger partial charge >= 0.3 is 0 Å². The van der Waals surface area contributed by atoms with Crippen molar-refractivity contribution in [1.29, 1.82) is 0 Å². The third-order valence-electron chi connectivity index (χ3n) is 5.16. The van der Waals surface area contributed by atoms with Gasteiger partial charge < -0.3 is 24.9 Å². The number of furan rings is 1. The number of aromatic nitrogens is 2. The summed E-state index contributed by atoms with van der Waals surface area (Å²) in [5.41, 5.74) is -0.339. The van der Waals surface area contributed by atoms with Gasteiger partial charge in [0.1, 0.15) is 11.4 Å². The number of nitrogens with one attached hydrogen (secondary N) is 2. The van der Waals surface area contributed by atoms with Gasteiger partial charge in [-0.3, -0.25) is 9.58 Å². The van der Waals surface area contributed by atoms with E-state index in [4.69, 9.17) is 9.15 Å². The summed E-state index contributed by atoms with van der Waals surface area (Å²) in [6.45, 7) is 8.15. The zero-order valence-corrected chi connectivity index (χ0v) is 20.7. The van der Waals surface area contributed by atoms with Crippen molar-refractivity contribution in [1.82, 2.24) is 25.3 Å². The lowest BCUT2D eigenvalue weighted by atomic mass is 10.0. The molecule has 1 aliphatic rings. The average Bonchev–Trinajstić information content (AvgIpc) is 3.42. The summed E-state index contributed by atoms with van der Waals surface area (Å²) in [5.74, 6) is 1.62. The Kier molecular flexibility index (Phi) is 10.8. The molecule has 0 saturated carbocycles. The first-order valence-electron chi connectivity index (χ1n) is 10.6. The number of ether oxygens (including phenoxy) is 1. The highest BCUT2D eigenvalue weighted by Gasteiger charge is 2.24. The maximum absolute atomic E-state index is 10.8. The molecule has 1 atom stereocenters. The second kappa shape index (κ2) is 13.0. The van der Waals surface area contributed by atoms with Crippen LogP contribution in [-0.4, -0.2) is 78.2 Å². The SMILES string of the molecule is Cn1cc(C(C)(O)CN=C(NCCCN2CCOCC2)NCCc2ccco2)cn1.I. The molecule has 0 aliphatic carbocycles. The number of guanidine groups is 1. The van der Waals surface area contributed by atoms with E-state index < -0.39 is 5.60 Å². The van der Waals surface area contributed by atoms with Crippen LogP contribution in [0.4, 0.5) is 0 Å². The van der Waals surface area contributed by atoms with Crippen LogP contribution >= 0.6 is 24.0 Å². The normalized spacial score (nSPS) is 17.1. The van der Waals surface area contributed by atoms with Crippen LogP contribution in [0.3, 0.4) is 0 Å². The molecule has 0 radical (unpaired) electrons. The Morgan fingerprint density at radius 1 is 1.29 bits per heavy atom. The van der Waals surface area contributed by atoms with Gasteiger partial charge in [-0.05, 0) is 32.0 Å². The number of aryl methyl sites for hydroxylation is 1. The largest absolute Gasteiger partial charge is 0.469 e. The van der Waals surface area contributed by atoms with E-state index in [1.165, 1.54) is 0 Å². The molecule has 1 unspecified atom stereocenters. The van der Waals surface area contributed by atoms with Crippen molar-refractivity contribution in [2.75, 3.05) is 52.5 Å². The number of halogens is 1. The van der Waals surface area contributed by atoms with Gasteiger partial charge in [0.05, 0.1) is 32.2 Å². The standard InChI is InChI=1S/C21H34N6O3.HI/c1-21(28,18-15-25-26(2)16-18)17-24-20(23-8-6-19-5-3-12-30-19)22-7-4-9-27-10-13-29-14-11-27;/h3,5,12,15-16,28H,4,6-11,13-14,17H2,1-2H3,(H2,22,23,24);1H. The van der Waals surface area contributed by atoms with E-state index in [1.54, 1.807) is 24.1 Å². The predicted octanol–water partition coefficient (Wildman–Crippen LogP) is 1.34. The monoisotopic (exact) mass is 546 g/mol. The van der Waals surface area contributed by atoms with Crippen LogP contribution in [0, 0.1) is 0 Å². The van der Waals surface area contributed by atoms with Gasteiger partial charge in [-0.1, -0.05) is 0 Å². The molecule has 0 amide bonds. The Bertz CT molecular complexity index is 772. The van der Waals surface area contributed by atoms with Crippen molar-refractivity contribution in [3.63, 3.8) is 0 Å². The Balaban J connectivity index is 0.00000341. The Labute approximate surface area is 201 Å². The number of morpholine rings is 1. The summed E-state index contributed by atoms with van der Waals surface area (Å²) in [5, 5.41) is 21.7. The Morgan fingerprint density at radius 3 is 2.74 bits per heavy atom. The predicted molar refractivity (Wildman–Crippen MR) is 131 cm³/mol. The molecule has 2 aromatic heterocycles. The molecule has 1 saturated heterocycles. The molecule has 1 aliphatic heterocycles. The van der Waals surface area contributed by atoms with E-state index in [2.05, 4.69) is 25.6 Å². The zero-order valence-electron chi connectivity index (χ0n) is 18.4. The van der Waals surface area contributed by atoms with Crippen LogP contribution in [0.2, 0.25) is 0 Å². The molecule has 1 fully saturated rings. The molecular formula is C21H35IN6O3. The number of aliphatic hydroxyl groups is 1. The van der Waals surface area contributed by atoms with Gasteiger partial charge in [0.2, 0.25) is 0 Å². The van der Waals surface area contributed by atoms with Crippen LogP contribution in [0.5, 0.6) is 0 Å². The molecule has 2 aromatic rings. The van der Waals surface area contributed by atoms with Gasteiger partial charge in [-0.25, -0.2) is 4.99 Å². The zero-order chi connectivity index (χ0) is 21.2. The number of aliphatic imine (C=N–C) groups is 1. The van der Waals surface area contributed by atoms with Crippen LogP contribution in [0.25, 0.3) is 0 Å². The third kappa shape index (κ3) is 8.79. The quantitative estimate of drug-likeness (QED) is 0.179. The summed E-state index contributed by atoms with van der Waals surface area (Å²) in [6.07, 6.45) is 6.95. The minimum atomic E-state index is -1.09. The van der Waals surface area contributed by atoms with Crippen molar-refractivity contribution in [3.05, 3.63) is 42.1 Å². The van der Waals surface area contributed by atoms with E-state index >= 15 is 0 Å². The van der Waals surface area contributed by atoms with Crippen molar-refractivity contribution in [2.45, 2.75) is 25.4 Å². The highest BCUT2D eigenvalue weighted by atomic mass is 127. The highest BCUT2D eigenvalue weighted by Crippen LogP contribution is 2.19. The fraction of sp³-hybridized carbons (Fsp3) is 0.619. The molecule has 31 heavy (non-hydrogen) atoms. The highest BCUT2D eigenvalue weighted by molar-refractivity contribution is 14.0. The first-order valence-corrected chi connectivity index (χ1v) is 10.6. The third-order valence-corrected chi connectivity index (χ3v) is 5.16. The van der Waals surface area contributed by atoms with Crippen LogP contribution < -0.4 is 10.6 Å². The van der Waals surface area contributed by atoms with Crippen molar-refractivity contribution in [2.24, 2.45) is 12.0 Å². The topological polar surface area (TPSA) is 100 Å². The molecule has 3 N–H and O–H groups in total. The lowest BCUT2D eigenvalue weighted by Crippen LogP contribution is -2.42. The molecule has 0 bridgehead atoms. The first-order chi connectivity index (χ1) is 14.5. The molecule has 0 spiro atoms. The summed E-state index contributed by atoms with van der Waals surface area (Å²) >= 11 is 0. The number of hydrogen-bond donors (Lipinski definition) is 3. The average molecular weight is 546 g/mol. The van der Waals surface area contributed by atoms with Crippen LogP contribution in [0.15, 0.2) is 40.2 Å². The lowest BCUT2D eigenvalue weighted by Gasteiger charge is -2.26. The number of rotatable bonds is 10.